The molecule has 1 fully saturated rings. The molecule has 1 saturated heterocycles. The SMILES string of the molecule is CC(=O)NC1CCN(c2nc(Cl)nc3sc(C)cc23)CC1. The highest BCUT2D eigenvalue weighted by Crippen LogP contribution is 2.32. The molecule has 0 radical (unpaired) electrons. The van der Waals surface area contributed by atoms with Gasteiger partial charge in [0.25, 0.3) is 0 Å². The summed E-state index contributed by atoms with van der Waals surface area (Å²) < 4.78 is 0. The Morgan fingerprint density at radius 3 is 2.81 bits per heavy atom. The van der Waals surface area contributed by atoms with Crippen molar-refractivity contribution in [3.63, 3.8) is 0 Å². The van der Waals surface area contributed by atoms with Gasteiger partial charge in [-0.2, -0.15) is 4.98 Å². The van der Waals surface area contributed by atoms with Crippen LogP contribution in [0, 0.1) is 6.92 Å². The number of hydrogen-bond acceptors (Lipinski definition) is 5. The highest BCUT2D eigenvalue weighted by molar-refractivity contribution is 7.18. The van der Waals surface area contributed by atoms with Crippen molar-refractivity contribution < 1.29 is 4.79 Å². The Balaban J connectivity index is 1.83. The average molecular weight is 325 g/mol. The molecule has 0 aliphatic carbocycles. The molecule has 0 atom stereocenters. The molecule has 0 saturated carbocycles. The normalized spacial score (nSPS) is 16.4. The second kappa shape index (κ2) is 5.77. The molecule has 0 bridgehead atoms. The van der Waals surface area contributed by atoms with Gasteiger partial charge < -0.3 is 10.2 Å². The molecule has 3 heterocycles. The van der Waals surface area contributed by atoms with Crippen molar-refractivity contribution in [2.45, 2.75) is 32.7 Å². The van der Waals surface area contributed by atoms with Crippen LogP contribution in [0.25, 0.3) is 10.2 Å². The first-order valence-corrected chi connectivity index (χ1v) is 8.18. The lowest BCUT2D eigenvalue weighted by atomic mass is 10.0. The molecular weight excluding hydrogens is 308 g/mol. The largest absolute Gasteiger partial charge is 0.356 e. The molecule has 1 amide bonds. The van der Waals surface area contributed by atoms with Gasteiger partial charge in [0, 0.05) is 30.9 Å². The molecule has 1 N–H and O–H groups in total. The molecule has 0 unspecified atom stereocenters. The van der Waals surface area contributed by atoms with Crippen molar-refractivity contribution in [2.24, 2.45) is 0 Å². The van der Waals surface area contributed by atoms with E-state index in [4.69, 9.17) is 11.6 Å². The summed E-state index contributed by atoms with van der Waals surface area (Å²) in [5.74, 6) is 0.949. The van der Waals surface area contributed by atoms with Crippen LogP contribution in [0.3, 0.4) is 0 Å². The number of hydrogen-bond donors (Lipinski definition) is 1. The third-order valence-electron chi connectivity index (χ3n) is 3.67. The van der Waals surface area contributed by atoms with E-state index in [2.05, 4.69) is 33.2 Å². The minimum absolute atomic E-state index is 0.0365. The van der Waals surface area contributed by atoms with Gasteiger partial charge in [0.05, 0.1) is 5.39 Å². The summed E-state index contributed by atoms with van der Waals surface area (Å²) in [5, 5.41) is 4.35. The average Bonchev–Trinajstić information content (AvgIpc) is 2.78. The smallest absolute Gasteiger partial charge is 0.225 e. The van der Waals surface area contributed by atoms with E-state index in [1.54, 1.807) is 18.3 Å². The van der Waals surface area contributed by atoms with E-state index in [9.17, 15) is 4.79 Å². The zero-order valence-electron chi connectivity index (χ0n) is 12.0. The van der Waals surface area contributed by atoms with E-state index in [0.717, 1.165) is 42.0 Å². The number of nitrogens with one attached hydrogen (secondary N) is 1. The second-order valence-corrected chi connectivity index (χ2v) is 6.93. The van der Waals surface area contributed by atoms with Gasteiger partial charge in [0.15, 0.2) is 0 Å². The van der Waals surface area contributed by atoms with Gasteiger partial charge in [-0.05, 0) is 37.4 Å². The first-order chi connectivity index (χ1) is 10.0. The van der Waals surface area contributed by atoms with Crippen molar-refractivity contribution >= 4 is 44.9 Å². The van der Waals surface area contributed by atoms with Gasteiger partial charge in [0.1, 0.15) is 10.6 Å². The lowest BCUT2D eigenvalue weighted by Gasteiger charge is -2.33. The first kappa shape index (κ1) is 14.5. The summed E-state index contributed by atoms with van der Waals surface area (Å²) in [4.78, 5) is 24.2. The molecule has 7 heteroatoms. The van der Waals surface area contributed by atoms with Crippen LogP contribution in [0.4, 0.5) is 5.82 Å². The summed E-state index contributed by atoms with van der Waals surface area (Å²) in [6, 6.07) is 2.38. The Hall–Kier alpha value is -1.40. The van der Waals surface area contributed by atoms with Crippen LogP contribution in [0.1, 0.15) is 24.6 Å². The monoisotopic (exact) mass is 324 g/mol. The number of carbonyl (C=O) groups excluding carboxylic acids is 1. The Labute approximate surface area is 132 Å². The molecule has 1 aliphatic heterocycles. The minimum Gasteiger partial charge on any atom is -0.356 e. The molecule has 1 aliphatic rings. The zero-order chi connectivity index (χ0) is 15.0. The predicted octanol–water partition coefficient (Wildman–Crippen LogP) is 2.76. The molecule has 112 valence electrons. The molecular formula is C14H17ClN4OS. The Morgan fingerprint density at radius 2 is 2.14 bits per heavy atom. The van der Waals surface area contributed by atoms with Gasteiger partial charge in [-0.1, -0.05) is 0 Å². The topological polar surface area (TPSA) is 58.1 Å². The fourth-order valence-corrected chi connectivity index (χ4v) is 3.85. The first-order valence-electron chi connectivity index (χ1n) is 6.98. The third-order valence-corrected chi connectivity index (χ3v) is 4.78. The number of rotatable bonds is 2. The van der Waals surface area contributed by atoms with Crippen molar-refractivity contribution in [1.82, 2.24) is 15.3 Å². The summed E-state index contributed by atoms with van der Waals surface area (Å²) in [5.41, 5.74) is 0. The lowest BCUT2D eigenvalue weighted by molar-refractivity contribution is -0.119. The van der Waals surface area contributed by atoms with Crippen LogP contribution in [-0.2, 0) is 4.79 Å². The fraction of sp³-hybridized carbons (Fsp3) is 0.500. The van der Waals surface area contributed by atoms with E-state index in [1.807, 2.05) is 0 Å². The molecule has 2 aromatic rings. The van der Waals surface area contributed by atoms with Crippen LogP contribution in [-0.4, -0.2) is 35.0 Å². The number of fused-ring (bicyclic) bond motifs is 1. The van der Waals surface area contributed by atoms with Crippen molar-refractivity contribution in [3.05, 3.63) is 16.2 Å². The van der Waals surface area contributed by atoms with Crippen molar-refractivity contribution in [2.75, 3.05) is 18.0 Å². The standard InChI is InChI=1S/C14H17ClN4OS/c1-8-7-11-12(17-14(15)18-13(11)21-8)19-5-3-10(4-6-19)16-9(2)20/h7,10H,3-6H2,1-2H3,(H,16,20). The highest BCUT2D eigenvalue weighted by atomic mass is 35.5. The summed E-state index contributed by atoms with van der Waals surface area (Å²) in [7, 11) is 0. The van der Waals surface area contributed by atoms with Crippen LogP contribution in [0.15, 0.2) is 6.07 Å². The van der Waals surface area contributed by atoms with Crippen LogP contribution in [0.5, 0.6) is 0 Å². The number of nitrogens with zero attached hydrogens (tertiary/aromatic N) is 3. The van der Waals surface area contributed by atoms with Gasteiger partial charge in [-0.3, -0.25) is 4.79 Å². The third kappa shape index (κ3) is 3.11. The molecule has 5 nitrogen and oxygen atoms in total. The number of anilines is 1. The number of aromatic nitrogens is 2. The fourth-order valence-electron chi connectivity index (χ4n) is 2.77. The van der Waals surface area contributed by atoms with Crippen molar-refractivity contribution in [3.8, 4) is 0 Å². The maximum Gasteiger partial charge on any atom is 0.225 e. The highest BCUT2D eigenvalue weighted by Gasteiger charge is 2.23. The molecule has 3 rings (SSSR count). The number of piperidine rings is 1. The maximum absolute atomic E-state index is 11.1. The van der Waals surface area contributed by atoms with E-state index in [0.29, 0.717) is 5.28 Å². The van der Waals surface area contributed by atoms with Gasteiger partial charge in [0.2, 0.25) is 11.2 Å². The lowest BCUT2D eigenvalue weighted by Crippen LogP contribution is -2.44. The van der Waals surface area contributed by atoms with Crippen LogP contribution < -0.4 is 10.2 Å². The van der Waals surface area contributed by atoms with Crippen LogP contribution in [0.2, 0.25) is 5.28 Å². The molecule has 21 heavy (non-hydrogen) atoms. The van der Waals surface area contributed by atoms with Gasteiger partial charge in [-0.15, -0.1) is 11.3 Å². The summed E-state index contributed by atoms with van der Waals surface area (Å²) in [6.45, 7) is 5.35. The number of thiophene rings is 1. The molecule has 0 aromatic carbocycles. The number of halogens is 1. The summed E-state index contributed by atoms with van der Waals surface area (Å²) in [6.07, 6.45) is 1.84. The van der Waals surface area contributed by atoms with E-state index in [1.165, 1.54) is 4.88 Å². The zero-order valence-corrected chi connectivity index (χ0v) is 13.6. The second-order valence-electron chi connectivity index (χ2n) is 5.35. The Kier molecular flexibility index (Phi) is 3.99. The molecule has 0 spiro atoms. The maximum atomic E-state index is 11.1. The quantitative estimate of drug-likeness (QED) is 0.863. The van der Waals surface area contributed by atoms with E-state index >= 15 is 0 Å². The number of amides is 1. The number of aryl methyl sites for hydroxylation is 1. The van der Waals surface area contributed by atoms with E-state index in [-0.39, 0.29) is 11.9 Å². The predicted molar refractivity (Wildman–Crippen MR) is 86.2 cm³/mol. The van der Waals surface area contributed by atoms with E-state index < -0.39 is 0 Å². The van der Waals surface area contributed by atoms with Crippen LogP contribution >= 0.6 is 22.9 Å². The van der Waals surface area contributed by atoms with Crippen molar-refractivity contribution in [1.29, 1.82) is 0 Å². The Morgan fingerprint density at radius 1 is 1.43 bits per heavy atom. The Bertz CT molecular complexity index is 679. The minimum atomic E-state index is 0.0365. The van der Waals surface area contributed by atoms with Gasteiger partial charge in [-0.25, -0.2) is 4.98 Å². The molecule has 2 aromatic heterocycles. The van der Waals surface area contributed by atoms with Gasteiger partial charge >= 0.3 is 0 Å². The summed E-state index contributed by atoms with van der Waals surface area (Å²) >= 11 is 7.68. The number of carbonyl (C=O) groups is 1.